The molecule has 4 rings (SSSR count). The van der Waals surface area contributed by atoms with Gasteiger partial charge in [0, 0.05) is 12.1 Å². The second-order valence-corrected chi connectivity index (χ2v) is 9.10. The van der Waals surface area contributed by atoms with E-state index in [4.69, 9.17) is 14.5 Å². The number of nitrogens with zero attached hydrogens (tertiary/aromatic N) is 2. The largest absolute Gasteiger partial charge is 0.497 e. The topological polar surface area (TPSA) is 53.4 Å². The molecular formula is C29H32N2O3. The second-order valence-electron chi connectivity index (χ2n) is 9.10. The lowest BCUT2D eigenvalue weighted by atomic mass is 9.82. The molecule has 176 valence electrons. The fourth-order valence-electron chi connectivity index (χ4n) is 3.96. The Bertz CT molecular complexity index is 1310. The standard InChI is InChI=1S/C29H32N2O3/c1-5-29(2,3)22-13-17-24(18-14-22)34-20-8-19-31-27(21-11-15-23(33-4)16-12-21)30-26-10-7-6-9-25(26)28(31)32/h6-7,9-18H,5,8,19-20H2,1-4H3. The Hall–Kier alpha value is -3.60. The second kappa shape index (κ2) is 10.1. The van der Waals surface area contributed by atoms with E-state index < -0.39 is 0 Å². The molecule has 0 spiro atoms. The van der Waals surface area contributed by atoms with E-state index in [1.165, 1.54) is 5.56 Å². The molecule has 0 aliphatic carbocycles. The zero-order chi connectivity index (χ0) is 24.1. The molecule has 4 aromatic rings. The van der Waals surface area contributed by atoms with E-state index in [1.807, 2.05) is 60.7 Å². The summed E-state index contributed by atoms with van der Waals surface area (Å²) < 4.78 is 13.0. The molecule has 1 aromatic heterocycles. The van der Waals surface area contributed by atoms with Crippen LogP contribution in [-0.2, 0) is 12.0 Å². The number of hydrogen-bond acceptors (Lipinski definition) is 4. The van der Waals surface area contributed by atoms with Crippen molar-refractivity contribution in [3.05, 3.63) is 88.7 Å². The van der Waals surface area contributed by atoms with E-state index >= 15 is 0 Å². The first-order valence-electron chi connectivity index (χ1n) is 11.8. The zero-order valence-electron chi connectivity index (χ0n) is 20.4. The SMILES string of the molecule is CCC(C)(C)c1ccc(OCCCn2c(-c3ccc(OC)cc3)nc3ccccc3c2=O)cc1. The minimum Gasteiger partial charge on any atom is -0.497 e. The van der Waals surface area contributed by atoms with Crippen LogP contribution in [-0.4, -0.2) is 23.3 Å². The number of hydrogen-bond donors (Lipinski definition) is 0. The molecule has 34 heavy (non-hydrogen) atoms. The molecule has 0 atom stereocenters. The fraction of sp³-hybridized carbons (Fsp3) is 0.310. The van der Waals surface area contributed by atoms with Gasteiger partial charge in [0.15, 0.2) is 0 Å². The average molecular weight is 457 g/mol. The number of methoxy groups -OCH3 is 1. The van der Waals surface area contributed by atoms with Crippen molar-refractivity contribution < 1.29 is 9.47 Å². The van der Waals surface area contributed by atoms with Gasteiger partial charge in [-0.15, -0.1) is 0 Å². The molecule has 5 heteroatoms. The Morgan fingerprint density at radius 3 is 2.26 bits per heavy atom. The van der Waals surface area contributed by atoms with Crippen molar-refractivity contribution in [1.29, 1.82) is 0 Å². The number of fused-ring (bicyclic) bond motifs is 1. The molecule has 0 bridgehead atoms. The predicted molar refractivity (Wildman–Crippen MR) is 138 cm³/mol. The highest BCUT2D eigenvalue weighted by atomic mass is 16.5. The lowest BCUT2D eigenvalue weighted by Gasteiger charge is -2.23. The van der Waals surface area contributed by atoms with Gasteiger partial charge in [-0.05, 0) is 72.4 Å². The van der Waals surface area contributed by atoms with Crippen LogP contribution in [0.2, 0.25) is 0 Å². The van der Waals surface area contributed by atoms with Gasteiger partial charge < -0.3 is 9.47 Å². The molecule has 0 unspecified atom stereocenters. The molecule has 0 fully saturated rings. The van der Waals surface area contributed by atoms with Crippen molar-refractivity contribution in [1.82, 2.24) is 9.55 Å². The maximum atomic E-state index is 13.3. The molecule has 0 radical (unpaired) electrons. The quantitative estimate of drug-likeness (QED) is 0.280. The first kappa shape index (κ1) is 23.6. The van der Waals surface area contributed by atoms with Crippen LogP contribution in [0.5, 0.6) is 11.5 Å². The molecule has 5 nitrogen and oxygen atoms in total. The number of ether oxygens (including phenoxy) is 2. The minimum absolute atomic E-state index is 0.0393. The molecule has 0 aliphatic heterocycles. The van der Waals surface area contributed by atoms with Gasteiger partial charge >= 0.3 is 0 Å². The van der Waals surface area contributed by atoms with Gasteiger partial charge in [-0.25, -0.2) is 4.98 Å². The maximum Gasteiger partial charge on any atom is 0.261 e. The normalized spacial score (nSPS) is 11.5. The van der Waals surface area contributed by atoms with E-state index in [0.717, 1.165) is 23.5 Å². The predicted octanol–water partition coefficient (Wildman–Crippen LogP) is 6.23. The summed E-state index contributed by atoms with van der Waals surface area (Å²) in [5.74, 6) is 2.26. The Kier molecular flexibility index (Phi) is 7.01. The Morgan fingerprint density at radius 1 is 0.912 bits per heavy atom. The van der Waals surface area contributed by atoms with Crippen LogP contribution < -0.4 is 15.0 Å². The lowest BCUT2D eigenvalue weighted by molar-refractivity contribution is 0.301. The summed E-state index contributed by atoms with van der Waals surface area (Å²) in [7, 11) is 1.64. The lowest BCUT2D eigenvalue weighted by Crippen LogP contribution is -2.24. The zero-order valence-corrected chi connectivity index (χ0v) is 20.4. The number of para-hydroxylation sites is 1. The smallest absolute Gasteiger partial charge is 0.261 e. The summed E-state index contributed by atoms with van der Waals surface area (Å²) in [5.41, 5.74) is 2.99. The third kappa shape index (κ3) is 4.98. The highest BCUT2D eigenvalue weighted by Gasteiger charge is 2.17. The van der Waals surface area contributed by atoms with Gasteiger partial charge in [0.1, 0.15) is 17.3 Å². The van der Waals surface area contributed by atoms with Gasteiger partial charge in [0.25, 0.3) is 5.56 Å². The summed E-state index contributed by atoms with van der Waals surface area (Å²) in [6.07, 6.45) is 1.77. The monoisotopic (exact) mass is 456 g/mol. The number of aromatic nitrogens is 2. The van der Waals surface area contributed by atoms with Crippen LogP contribution in [0.1, 0.15) is 39.2 Å². The summed E-state index contributed by atoms with van der Waals surface area (Å²) in [5, 5.41) is 0.620. The van der Waals surface area contributed by atoms with E-state index in [1.54, 1.807) is 11.7 Å². The highest BCUT2D eigenvalue weighted by Crippen LogP contribution is 2.28. The first-order chi connectivity index (χ1) is 16.4. The van der Waals surface area contributed by atoms with E-state index in [0.29, 0.717) is 36.3 Å². The summed E-state index contributed by atoms with van der Waals surface area (Å²) in [6.45, 7) is 7.72. The van der Waals surface area contributed by atoms with E-state index in [2.05, 4.69) is 32.9 Å². The average Bonchev–Trinajstić information content (AvgIpc) is 2.88. The molecular weight excluding hydrogens is 424 g/mol. The van der Waals surface area contributed by atoms with Gasteiger partial charge in [0.05, 0.1) is 24.6 Å². The van der Waals surface area contributed by atoms with Gasteiger partial charge in [0.2, 0.25) is 0 Å². The van der Waals surface area contributed by atoms with Gasteiger partial charge in [-0.1, -0.05) is 45.0 Å². The summed E-state index contributed by atoms with van der Waals surface area (Å²) >= 11 is 0. The molecule has 0 amide bonds. The van der Waals surface area contributed by atoms with Crippen molar-refractivity contribution in [2.75, 3.05) is 13.7 Å². The third-order valence-corrected chi connectivity index (χ3v) is 6.52. The summed E-state index contributed by atoms with van der Waals surface area (Å²) in [4.78, 5) is 18.1. The van der Waals surface area contributed by atoms with Gasteiger partial charge in [-0.2, -0.15) is 0 Å². The Morgan fingerprint density at radius 2 is 1.59 bits per heavy atom. The molecule has 1 heterocycles. The van der Waals surface area contributed by atoms with Crippen LogP contribution >= 0.6 is 0 Å². The number of rotatable bonds is 9. The Balaban J connectivity index is 1.53. The summed E-state index contributed by atoms with van der Waals surface area (Å²) in [6, 6.07) is 23.4. The van der Waals surface area contributed by atoms with Crippen LogP contribution in [0.4, 0.5) is 0 Å². The van der Waals surface area contributed by atoms with Gasteiger partial charge in [-0.3, -0.25) is 9.36 Å². The molecule has 0 saturated heterocycles. The molecule has 3 aromatic carbocycles. The van der Waals surface area contributed by atoms with Crippen LogP contribution in [0.15, 0.2) is 77.6 Å². The fourth-order valence-corrected chi connectivity index (χ4v) is 3.96. The third-order valence-electron chi connectivity index (χ3n) is 6.52. The van der Waals surface area contributed by atoms with Crippen molar-refractivity contribution in [3.63, 3.8) is 0 Å². The van der Waals surface area contributed by atoms with Crippen molar-refractivity contribution in [3.8, 4) is 22.9 Å². The Labute approximate surface area is 201 Å². The van der Waals surface area contributed by atoms with Crippen molar-refractivity contribution >= 4 is 10.9 Å². The molecule has 0 N–H and O–H groups in total. The highest BCUT2D eigenvalue weighted by molar-refractivity contribution is 5.79. The van der Waals surface area contributed by atoms with E-state index in [9.17, 15) is 4.79 Å². The molecule has 0 aliphatic rings. The minimum atomic E-state index is -0.0393. The molecule has 0 saturated carbocycles. The van der Waals surface area contributed by atoms with Crippen LogP contribution in [0.3, 0.4) is 0 Å². The van der Waals surface area contributed by atoms with E-state index in [-0.39, 0.29) is 11.0 Å². The first-order valence-corrected chi connectivity index (χ1v) is 11.8. The maximum absolute atomic E-state index is 13.3. The van der Waals surface area contributed by atoms with Crippen LogP contribution in [0, 0.1) is 0 Å². The number of benzene rings is 3. The van der Waals surface area contributed by atoms with Crippen LogP contribution in [0.25, 0.3) is 22.3 Å². The van der Waals surface area contributed by atoms with Crippen molar-refractivity contribution in [2.24, 2.45) is 0 Å². The van der Waals surface area contributed by atoms with Crippen molar-refractivity contribution in [2.45, 2.75) is 45.6 Å².